The summed E-state index contributed by atoms with van der Waals surface area (Å²) in [6, 6.07) is 5.24. The third-order valence-electron chi connectivity index (χ3n) is 2.02. The zero-order chi connectivity index (χ0) is 11.5. The van der Waals surface area contributed by atoms with E-state index in [9.17, 15) is 4.79 Å². The molecule has 0 unspecified atom stereocenters. The molecule has 0 atom stereocenters. The van der Waals surface area contributed by atoms with Crippen LogP contribution in [-0.4, -0.2) is 33.4 Å². The van der Waals surface area contributed by atoms with Crippen LogP contribution < -0.4 is 4.74 Å². The second-order valence-corrected chi connectivity index (χ2v) is 3.13. The number of hydrogen-bond acceptors (Lipinski definition) is 5. The number of nitrogens with zero attached hydrogens (tertiary/aromatic N) is 3. The first kappa shape index (κ1) is 10.3. The van der Waals surface area contributed by atoms with E-state index in [-0.39, 0.29) is 12.2 Å². The van der Waals surface area contributed by atoms with Gasteiger partial charge < -0.3 is 9.84 Å². The number of carbonyl (C=O) groups is 1. The molecule has 0 aliphatic heterocycles. The Morgan fingerprint density at radius 3 is 2.94 bits per heavy atom. The summed E-state index contributed by atoms with van der Waals surface area (Å²) in [5.41, 5.74) is 1.10. The zero-order valence-electron chi connectivity index (χ0n) is 8.54. The molecule has 0 bridgehead atoms. The van der Waals surface area contributed by atoms with Gasteiger partial charge in [-0.05, 0) is 12.1 Å². The number of aromatic nitrogens is 3. The van der Waals surface area contributed by atoms with Gasteiger partial charge in [0, 0.05) is 0 Å². The van der Waals surface area contributed by atoms with Crippen molar-refractivity contribution in [2.24, 2.45) is 0 Å². The molecule has 1 aromatic heterocycles. The molecule has 0 aliphatic rings. The predicted octanol–water partition coefficient (Wildman–Crippen LogP) is 0.660. The van der Waals surface area contributed by atoms with E-state index < -0.39 is 5.97 Å². The number of aliphatic carboxylic acids is 1. The minimum atomic E-state index is -0.982. The minimum Gasteiger partial charge on any atom is -0.494 e. The van der Waals surface area contributed by atoms with Gasteiger partial charge in [-0.15, -0.1) is 10.2 Å². The molecule has 2 rings (SSSR count). The Morgan fingerprint density at radius 2 is 2.25 bits per heavy atom. The summed E-state index contributed by atoms with van der Waals surface area (Å²) in [6.07, 6.45) is -0.236. The van der Waals surface area contributed by atoms with Crippen LogP contribution in [0.5, 0.6) is 5.75 Å². The molecule has 0 saturated carbocycles. The molecule has 0 amide bonds. The number of ether oxygens (including phenoxy) is 1. The van der Waals surface area contributed by atoms with E-state index in [1.54, 1.807) is 18.2 Å². The summed E-state index contributed by atoms with van der Waals surface area (Å²) in [5.74, 6) is -0.225. The van der Waals surface area contributed by atoms with Gasteiger partial charge in [0.1, 0.15) is 12.2 Å². The van der Waals surface area contributed by atoms with E-state index >= 15 is 0 Å². The van der Waals surface area contributed by atoms with Crippen molar-refractivity contribution in [1.29, 1.82) is 0 Å². The molecule has 82 valence electrons. The molecule has 2 aromatic rings. The maximum Gasteiger partial charge on any atom is 0.311 e. The molecule has 6 nitrogen and oxygen atoms in total. The largest absolute Gasteiger partial charge is 0.494 e. The van der Waals surface area contributed by atoms with Crippen molar-refractivity contribution in [1.82, 2.24) is 15.2 Å². The maximum absolute atomic E-state index is 10.5. The lowest BCUT2D eigenvalue weighted by atomic mass is 10.3. The van der Waals surface area contributed by atoms with Crippen molar-refractivity contribution in [3.63, 3.8) is 0 Å². The standard InChI is InChI=1S/C10H9N3O3/c1-16-7-4-2-3-6-10(7)13-12-8(11-6)5-9(14)15/h2-4H,5H2,1H3,(H,14,15). The SMILES string of the molecule is COc1cccc2nc(CC(=O)O)nnc12. The molecule has 0 radical (unpaired) electrons. The Balaban J connectivity index is 2.51. The van der Waals surface area contributed by atoms with Crippen molar-refractivity contribution in [2.75, 3.05) is 7.11 Å². The number of hydrogen-bond donors (Lipinski definition) is 1. The number of methoxy groups -OCH3 is 1. The third-order valence-corrected chi connectivity index (χ3v) is 2.02. The van der Waals surface area contributed by atoms with E-state index in [1.807, 2.05) is 0 Å². The smallest absolute Gasteiger partial charge is 0.311 e. The van der Waals surface area contributed by atoms with E-state index in [4.69, 9.17) is 9.84 Å². The Morgan fingerprint density at radius 1 is 1.44 bits per heavy atom. The van der Waals surface area contributed by atoms with Gasteiger partial charge >= 0.3 is 5.97 Å². The summed E-state index contributed by atoms with van der Waals surface area (Å²) < 4.78 is 5.09. The van der Waals surface area contributed by atoms with Crippen LogP contribution in [0.3, 0.4) is 0 Å². The van der Waals surface area contributed by atoms with E-state index in [2.05, 4.69) is 15.2 Å². The molecule has 6 heteroatoms. The van der Waals surface area contributed by atoms with Crippen molar-refractivity contribution >= 4 is 17.0 Å². The van der Waals surface area contributed by atoms with E-state index in [0.29, 0.717) is 16.8 Å². The fourth-order valence-electron chi connectivity index (χ4n) is 1.35. The Bertz CT molecular complexity index is 542. The molecule has 0 aliphatic carbocycles. The van der Waals surface area contributed by atoms with E-state index in [0.717, 1.165) is 0 Å². The summed E-state index contributed by atoms with van der Waals surface area (Å²) >= 11 is 0. The third kappa shape index (κ3) is 1.90. The number of fused-ring (bicyclic) bond motifs is 1. The lowest BCUT2D eigenvalue weighted by Gasteiger charge is -2.03. The second kappa shape index (κ2) is 4.09. The topological polar surface area (TPSA) is 85.2 Å². The molecular weight excluding hydrogens is 210 g/mol. The summed E-state index contributed by atoms with van der Waals surface area (Å²) in [6.45, 7) is 0. The van der Waals surface area contributed by atoms with Crippen LogP contribution in [0, 0.1) is 0 Å². The highest BCUT2D eigenvalue weighted by molar-refractivity contribution is 5.80. The molecule has 1 N–H and O–H groups in total. The predicted molar refractivity (Wildman–Crippen MR) is 55.2 cm³/mol. The zero-order valence-corrected chi connectivity index (χ0v) is 8.54. The van der Waals surface area contributed by atoms with Crippen LogP contribution >= 0.6 is 0 Å². The van der Waals surface area contributed by atoms with Crippen molar-refractivity contribution in [2.45, 2.75) is 6.42 Å². The van der Waals surface area contributed by atoms with Crippen LogP contribution in [-0.2, 0) is 11.2 Å². The number of rotatable bonds is 3. The molecule has 16 heavy (non-hydrogen) atoms. The van der Waals surface area contributed by atoms with Crippen LogP contribution in [0.1, 0.15) is 5.82 Å². The van der Waals surface area contributed by atoms with Crippen molar-refractivity contribution < 1.29 is 14.6 Å². The number of carboxylic acids is 1. The highest BCUT2D eigenvalue weighted by Crippen LogP contribution is 2.20. The Hall–Kier alpha value is -2.24. The number of carboxylic acid groups (broad SMARTS) is 1. The minimum absolute atomic E-state index is 0.188. The molecule has 0 fully saturated rings. The van der Waals surface area contributed by atoms with Gasteiger partial charge in [-0.25, -0.2) is 4.98 Å². The van der Waals surface area contributed by atoms with Gasteiger partial charge in [0.15, 0.2) is 11.3 Å². The van der Waals surface area contributed by atoms with Gasteiger partial charge in [0.25, 0.3) is 0 Å². The van der Waals surface area contributed by atoms with Gasteiger partial charge in [-0.3, -0.25) is 4.79 Å². The van der Waals surface area contributed by atoms with Crippen LogP contribution in [0.25, 0.3) is 11.0 Å². The average molecular weight is 219 g/mol. The monoisotopic (exact) mass is 219 g/mol. The van der Waals surface area contributed by atoms with Crippen LogP contribution in [0.15, 0.2) is 18.2 Å². The first-order valence-electron chi connectivity index (χ1n) is 4.59. The van der Waals surface area contributed by atoms with Crippen LogP contribution in [0.2, 0.25) is 0 Å². The average Bonchev–Trinajstić information content (AvgIpc) is 2.27. The second-order valence-electron chi connectivity index (χ2n) is 3.13. The fourth-order valence-corrected chi connectivity index (χ4v) is 1.35. The van der Waals surface area contributed by atoms with E-state index in [1.165, 1.54) is 7.11 Å². The molecule has 1 heterocycles. The molecule has 0 spiro atoms. The van der Waals surface area contributed by atoms with Gasteiger partial charge in [-0.1, -0.05) is 6.07 Å². The molecule has 1 aromatic carbocycles. The normalized spacial score (nSPS) is 10.3. The quantitative estimate of drug-likeness (QED) is 0.816. The van der Waals surface area contributed by atoms with Crippen molar-refractivity contribution in [3.8, 4) is 5.75 Å². The Kier molecular flexibility index (Phi) is 2.63. The van der Waals surface area contributed by atoms with Gasteiger partial charge in [0.05, 0.1) is 12.6 Å². The first-order valence-corrected chi connectivity index (χ1v) is 4.59. The van der Waals surface area contributed by atoms with Gasteiger partial charge in [-0.2, -0.15) is 0 Å². The highest BCUT2D eigenvalue weighted by atomic mass is 16.5. The Labute approximate surface area is 90.9 Å². The van der Waals surface area contributed by atoms with Crippen molar-refractivity contribution in [3.05, 3.63) is 24.0 Å². The van der Waals surface area contributed by atoms with Gasteiger partial charge in [0.2, 0.25) is 0 Å². The highest BCUT2D eigenvalue weighted by Gasteiger charge is 2.08. The lowest BCUT2D eigenvalue weighted by Crippen LogP contribution is -2.06. The maximum atomic E-state index is 10.5. The number of benzene rings is 1. The lowest BCUT2D eigenvalue weighted by molar-refractivity contribution is -0.136. The summed E-state index contributed by atoms with van der Waals surface area (Å²) in [7, 11) is 1.53. The summed E-state index contributed by atoms with van der Waals surface area (Å²) in [4.78, 5) is 14.6. The van der Waals surface area contributed by atoms with Crippen LogP contribution in [0.4, 0.5) is 0 Å². The summed E-state index contributed by atoms with van der Waals surface area (Å²) in [5, 5.41) is 16.2. The molecular formula is C10H9N3O3. The fraction of sp³-hybridized carbons (Fsp3) is 0.200. The molecule has 0 saturated heterocycles. The first-order chi connectivity index (χ1) is 7.70.